The Morgan fingerprint density at radius 3 is 2.07 bits per heavy atom. The summed E-state index contributed by atoms with van der Waals surface area (Å²) in [5.41, 5.74) is 20.4. The number of nitrogens with one attached hydrogen (secondary N) is 1. The lowest BCUT2D eigenvalue weighted by molar-refractivity contribution is -0.167. The number of alkyl carbamates (subject to hydrolysis) is 1. The minimum absolute atomic E-state index is 0.00717. The van der Waals surface area contributed by atoms with Gasteiger partial charge in [0.1, 0.15) is 53.5 Å². The van der Waals surface area contributed by atoms with Crippen LogP contribution in [0.4, 0.5) is 16.6 Å². The van der Waals surface area contributed by atoms with Gasteiger partial charge in [0.25, 0.3) is 11.9 Å². The number of esters is 1. The zero-order valence-electron chi connectivity index (χ0n) is 70.6. The number of nitrogens with zero attached hydrogens (tertiary/aromatic N) is 7. The largest absolute Gasteiger partial charge is 0.461 e. The van der Waals surface area contributed by atoms with Crippen LogP contribution in [0.2, 0.25) is 0 Å². The van der Waals surface area contributed by atoms with Crippen molar-refractivity contribution >= 4 is 69.4 Å². The van der Waals surface area contributed by atoms with Crippen LogP contribution in [0.1, 0.15) is 167 Å². The van der Waals surface area contributed by atoms with Gasteiger partial charge in [-0.2, -0.15) is 10.1 Å². The van der Waals surface area contributed by atoms with Gasteiger partial charge < -0.3 is 92.9 Å². The third kappa shape index (κ3) is 30.0. The Balaban J connectivity index is 0.515. The van der Waals surface area contributed by atoms with E-state index in [1.807, 2.05) is 72.9 Å². The van der Waals surface area contributed by atoms with Crippen molar-refractivity contribution in [3.63, 3.8) is 0 Å². The molecule has 3 fully saturated rings. The van der Waals surface area contributed by atoms with E-state index in [1.165, 1.54) is 16.8 Å². The summed E-state index contributed by atoms with van der Waals surface area (Å²) in [6.45, 7) is 18.3. The molecule has 0 radical (unpaired) electrons. The lowest BCUT2D eigenvalue weighted by atomic mass is 9.83. The molecule has 4 aliphatic heterocycles. The topological polar surface area (TPSA) is 374 Å². The standard InChI is InChI=1S/C89H128N10O20/c1-60-13-8-7-9-14-62(3)79(107-6)55-72-15-12-17-78(116-72)83(103)86(104)98-33-11-10-16-74(98)87(105)117-70(25-18-61(2)52-64(5)76(101)56-75(100)63(4)51-60)26-20-65-21-27-71(28-22-65)118-89(106)92-32-36-109-38-40-111-42-44-113-46-48-115-50-49-114-47-45-112-43-41-110-39-37-108-35-31-80(102)97-34-30-67-53-66(19-23-69(67)58-97)57-99-85-81(84(90)93-59-94-85)82(96-99)68-24-29-77-73(54-68)95-88(91)119-77/h7-9,13-14,19,23-24,29,52-54,59-61,63,65,70-72,74,76,78-79,101H,10-12,15-18,20-22,25-28,30-51,55-58H2,1-6H3,(H2,91,95)(H,92,106)(H2,90,93,94)/b9-7?,13-8+,62-14?,64-52+/t60-,61+,63-,65?,70+,71?,72?,74+,76+,78?,79+/m1/s1. The molecule has 119 heavy (non-hydrogen) atoms. The molecule has 30 heteroatoms. The molecule has 0 spiro atoms. The number of hydrogen-bond donors (Lipinski definition) is 4. The number of ketones is 2. The van der Waals surface area contributed by atoms with Gasteiger partial charge in [-0.05, 0) is 180 Å². The van der Waals surface area contributed by atoms with Crippen molar-refractivity contribution in [2.45, 2.75) is 212 Å². The molecule has 5 aromatic rings. The highest BCUT2D eigenvalue weighted by Crippen LogP contribution is 2.36. The Morgan fingerprint density at radius 2 is 1.37 bits per heavy atom. The predicted molar refractivity (Wildman–Crippen MR) is 447 cm³/mol. The van der Waals surface area contributed by atoms with E-state index in [0.29, 0.717) is 242 Å². The first-order valence-corrected chi connectivity index (χ1v) is 43.0. The average Bonchev–Trinajstić information content (AvgIpc) is 1.02. The van der Waals surface area contributed by atoms with E-state index in [2.05, 4.69) is 58.4 Å². The van der Waals surface area contributed by atoms with E-state index in [0.717, 1.165) is 59.9 Å². The first kappa shape index (κ1) is 92.9. The molecule has 1 aliphatic carbocycles. The average molecular weight is 1660 g/mol. The van der Waals surface area contributed by atoms with Gasteiger partial charge in [0.2, 0.25) is 11.7 Å². The number of oxazole rings is 1. The van der Waals surface area contributed by atoms with Crippen LogP contribution in [-0.4, -0.2) is 250 Å². The molecule has 6 N–H and O–H groups in total. The van der Waals surface area contributed by atoms with Crippen molar-refractivity contribution in [2.75, 3.05) is 144 Å². The molecule has 5 aliphatic rings. The van der Waals surface area contributed by atoms with Crippen LogP contribution in [0.5, 0.6) is 0 Å². The minimum Gasteiger partial charge on any atom is -0.461 e. The van der Waals surface area contributed by atoms with Crippen LogP contribution in [-0.2, 0) is 100 Å². The van der Waals surface area contributed by atoms with Gasteiger partial charge in [0.15, 0.2) is 11.2 Å². The predicted octanol–water partition coefficient (Wildman–Crippen LogP) is 10.9. The van der Waals surface area contributed by atoms with Gasteiger partial charge in [-0.15, -0.1) is 0 Å². The number of methoxy groups -OCH3 is 1. The number of Topliss-reactive ketones (excluding diaryl/α,β-unsaturated/α-hetero) is 2. The Hall–Kier alpha value is -8.40. The number of nitrogen functional groups attached to an aromatic ring is 2. The lowest BCUT2D eigenvalue weighted by Gasteiger charge is -2.36. The molecule has 9 atom stereocenters. The van der Waals surface area contributed by atoms with Crippen molar-refractivity contribution in [2.24, 2.45) is 23.7 Å². The second kappa shape index (κ2) is 49.5. The maximum atomic E-state index is 14.4. The number of cyclic esters (lactones) is 1. The molecule has 30 nitrogen and oxygen atoms in total. The molecule has 2 bridgehead atoms. The summed E-state index contributed by atoms with van der Waals surface area (Å²) < 4.78 is 76.8. The number of rotatable bonds is 35. The van der Waals surface area contributed by atoms with Gasteiger partial charge in [0, 0.05) is 57.6 Å². The zero-order valence-corrected chi connectivity index (χ0v) is 70.6. The highest BCUT2D eigenvalue weighted by molar-refractivity contribution is 6.38. The number of aliphatic hydroxyl groups is 1. The summed E-state index contributed by atoms with van der Waals surface area (Å²) in [6.07, 6.45) is 21.2. The molecule has 3 aromatic heterocycles. The number of carbonyl (C=O) groups is 6. The van der Waals surface area contributed by atoms with Gasteiger partial charge in [0.05, 0.1) is 142 Å². The van der Waals surface area contributed by atoms with Crippen LogP contribution in [0.15, 0.2) is 94.7 Å². The number of piperidine rings is 1. The summed E-state index contributed by atoms with van der Waals surface area (Å²) in [7, 11) is 1.65. The third-order valence-corrected chi connectivity index (χ3v) is 22.9. The van der Waals surface area contributed by atoms with Crippen molar-refractivity contribution in [1.29, 1.82) is 0 Å². The molecule has 2 aromatic carbocycles. The normalized spacial score (nSPS) is 24.5. The van der Waals surface area contributed by atoms with E-state index in [-0.39, 0.29) is 79.7 Å². The third-order valence-electron chi connectivity index (χ3n) is 22.9. The first-order chi connectivity index (χ1) is 57.8. The number of benzene rings is 2. The number of aromatic nitrogens is 5. The molecular formula is C89H128N10O20. The maximum absolute atomic E-state index is 14.4. The van der Waals surface area contributed by atoms with Crippen LogP contribution in [0.25, 0.3) is 33.4 Å². The van der Waals surface area contributed by atoms with Crippen molar-refractivity contribution < 1.29 is 95.1 Å². The number of nitrogens with two attached hydrogens (primary N) is 2. The highest BCUT2D eigenvalue weighted by atomic mass is 16.6. The van der Waals surface area contributed by atoms with Crippen LogP contribution >= 0.6 is 0 Å². The van der Waals surface area contributed by atoms with E-state index < -0.39 is 48.1 Å². The summed E-state index contributed by atoms with van der Waals surface area (Å²) in [5, 5.41) is 19.6. The van der Waals surface area contributed by atoms with Crippen molar-refractivity contribution in [3.05, 3.63) is 107 Å². The number of carbonyl (C=O) groups excluding carboxylic acids is 6. The molecule has 10 rings (SSSR count). The molecule has 7 heterocycles. The summed E-state index contributed by atoms with van der Waals surface area (Å²) in [4.78, 5) is 98.4. The van der Waals surface area contributed by atoms with Crippen LogP contribution in [0.3, 0.4) is 0 Å². The van der Waals surface area contributed by atoms with E-state index in [4.69, 9.17) is 77.8 Å². The minimum atomic E-state index is -0.920. The van der Waals surface area contributed by atoms with Crippen molar-refractivity contribution in [1.82, 2.24) is 39.8 Å². The fourth-order valence-electron chi connectivity index (χ4n) is 16.1. The number of fused-ring (bicyclic) bond motifs is 6. The van der Waals surface area contributed by atoms with Crippen LogP contribution in [0, 0.1) is 23.7 Å². The Labute approximate surface area is 699 Å². The fourth-order valence-corrected chi connectivity index (χ4v) is 16.1. The molecule has 3 amide bonds. The van der Waals surface area contributed by atoms with Crippen molar-refractivity contribution in [3.8, 4) is 11.3 Å². The van der Waals surface area contributed by atoms with E-state index >= 15 is 0 Å². The number of allylic oxidation sites excluding steroid dienone is 6. The van der Waals surface area contributed by atoms with Crippen LogP contribution < -0.4 is 16.8 Å². The lowest BCUT2D eigenvalue weighted by Crippen LogP contribution is -2.54. The number of ether oxygens (including phenoxy) is 12. The van der Waals surface area contributed by atoms with Gasteiger partial charge in [-0.3, -0.25) is 19.2 Å². The quantitative estimate of drug-likeness (QED) is 0.0127. The molecular weight excluding hydrogens is 1530 g/mol. The molecule has 654 valence electrons. The fraction of sp³-hybridized carbons (Fsp3) is 0.640. The molecule has 2 unspecified atom stereocenters. The van der Waals surface area contributed by atoms with Gasteiger partial charge in [-0.25, -0.2) is 24.2 Å². The summed E-state index contributed by atoms with van der Waals surface area (Å²) in [5.74, 6) is -1.25. The smallest absolute Gasteiger partial charge is 0.407 e. The van der Waals surface area contributed by atoms with E-state index in [1.54, 1.807) is 13.2 Å². The number of aliphatic hydroxyl groups excluding tert-OH is 1. The molecule has 1 saturated carbocycles. The van der Waals surface area contributed by atoms with E-state index in [9.17, 15) is 33.9 Å². The number of amides is 3. The second-order valence-electron chi connectivity index (χ2n) is 32.1. The van der Waals surface area contributed by atoms with Gasteiger partial charge >= 0.3 is 12.1 Å². The SMILES string of the molecule is CO[C@H]1CC2CCCC(O2)C(=O)C(=O)N2CCCC[C@H]2C(=O)O[C@H](CCC2CCC(OC(=O)NCCOCCOCCOCCOCCOCCOCCOCCOCCC(=O)N3CCc4cc(Cn5nc(-c6ccc7oc(N)nc7c6)c6c(N)ncnc65)ccc4C3)CC2)CC[C@H](C)/C=C(\C)[C@@H](O)CC(=O)[C@H](C)C[C@H](C)/C=C/C=CC=C1C. The zero-order chi connectivity index (χ0) is 84.3. The summed E-state index contributed by atoms with van der Waals surface area (Å²) in [6, 6.07) is 11.0. The molecule has 2 saturated heterocycles. The number of hydrogen-bond acceptors (Lipinski definition) is 26. The maximum Gasteiger partial charge on any atom is 0.407 e. The Kier molecular flexibility index (Phi) is 38.6. The Morgan fingerprint density at radius 1 is 0.681 bits per heavy atom. The summed E-state index contributed by atoms with van der Waals surface area (Å²) >= 11 is 0. The monoisotopic (exact) mass is 1660 g/mol. The number of anilines is 2. The first-order valence-electron chi connectivity index (χ1n) is 43.0. The highest BCUT2D eigenvalue weighted by Gasteiger charge is 2.42. The second-order valence-corrected chi connectivity index (χ2v) is 32.1. The Bertz CT molecular complexity index is 4150. The van der Waals surface area contributed by atoms with Gasteiger partial charge in [-0.1, -0.05) is 75.4 Å².